The van der Waals surface area contributed by atoms with Gasteiger partial charge >= 0.3 is 0 Å². The molecule has 0 aliphatic rings. The van der Waals surface area contributed by atoms with Crippen molar-refractivity contribution >= 4 is 29.1 Å². The largest absolute Gasteiger partial charge is 0.495 e. The molecule has 1 N–H and O–H groups in total. The number of benzene rings is 1. The van der Waals surface area contributed by atoms with Crippen molar-refractivity contribution in [2.45, 2.75) is 6.42 Å². The van der Waals surface area contributed by atoms with Gasteiger partial charge in [0.25, 0.3) is 0 Å². The number of halogens is 2. The molecule has 0 radical (unpaired) electrons. The molecule has 3 nitrogen and oxygen atoms in total. The predicted octanol–water partition coefficient (Wildman–Crippen LogP) is 2.25. The molecule has 0 aromatic heterocycles. The summed E-state index contributed by atoms with van der Waals surface area (Å²) >= 11 is 11.3. The molecule has 1 amide bonds. The van der Waals surface area contributed by atoms with Crippen LogP contribution in [0.25, 0.3) is 0 Å². The zero-order chi connectivity index (χ0) is 12.0. The number of methoxy groups -OCH3 is 1. The Morgan fingerprint density at radius 3 is 2.81 bits per heavy atom. The molecule has 0 heterocycles. The molecule has 0 fully saturated rings. The molecule has 0 spiro atoms. The molecule has 5 heteroatoms. The van der Waals surface area contributed by atoms with Crippen LogP contribution in [0.2, 0.25) is 5.02 Å². The highest BCUT2D eigenvalue weighted by Crippen LogP contribution is 2.24. The minimum absolute atomic E-state index is 0.0105. The van der Waals surface area contributed by atoms with E-state index in [2.05, 4.69) is 5.32 Å². The summed E-state index contributed by atoms with van der Waals surface area (Å²) in [4.78, 5) is 10.9. The fourth-order valence-corrected chi connectivity index (χ4v) is 1.63. The second-order valence-electron chi connectivity index (χ2n) is 3.20. The Morgan fingerprint density at radius 1 is 1.50 bits per heavy atom. The highest BCUT2D eigenvalue weighted by atomic mass is 35.5. The van der Waals surface area contributed by atoms with Crippen LogP contribution in [0.1, 0.15) is 5.56 Å². The third kappa shape index (κ3) is 3.91. The van der Waals surface area contributed by atoms with Crippen LogP contribution in [0, 0.1) is 0 Å². The average Bonchev–Trinajstić information content (AvgIpc) is 2.29. The first-order valence-corrected chi connectivity index (χ1v) is 5.73. The van der Waals surface area contributed by atoms with Gasteiger partial charge in [0.2, 0.25) is 5.91 Å². The Morgan fingerprint density at radius 2 is 2.25 bits per heavy atom. The minimum atomic E-state index is -0.165. The standard InChI is InChI=1S/C11H13Cl2NO2/c1-16-10-3-2-8(6-9(10)13)4-5-14-11(15)7-12/h2-3,6H,4-5,7H2,1H3,(H,14,15). The van der Waals surface area contributed by atoms with Crippen LogP contribution >= 0.6 is 23.2 Å². The molecule has 88 valence electrons. The number of nitrogens with one attached hydrogen (secondary N) is 1. The molecule has 16 heavy (non-hydrogen) atoms. The van der Waals surface area contributed by atoms with E-state index in [9.17, 15) is 4.79 Å². The molecule has 0 aliphatic heterocycles. The predicted molar refractivity (Wildman–Crippen MR) is 65.4 cm³/mol. The lowest BCUT2D eigenvalue weighted by atomic mass is 10.1. The summed E-state index contributed by atoms with van der Waals surface area (Å²) in [6.45, 7) is 0.550. The maximum absolute atomic E-state index is 10.9. The maximum Gasteiger partial charge on any atom is 0.234 e. The molecule has 1 aromatic carbocycles. The first-order valence-electron chi connectivity index (χ1n) is 4.82. The summed E-state index contributed by atoms with van der Waals surface area (Å²) < 4.78 is 5.04. The van der Waals surface area contributed by atoms with Gasteiger partial charge in [-0.15, -0.1) is 11.6 Å². The van der Waals surface area contributed by atoms with Crippen LogP contribution in [-0.4, -0.2) is 25.4 Å². The molecular formula is C11H13Cl2NO2. The van der Waals surface area contributed by atoms with E-state index < -0.39 is 0 Å². The number of hydrogen-bond acceptors (Lipinski definition) is 2. The van der Waals surface area contributed by atoms with E-state index in [1.807, 2.05) is 12.1 Å². The summed E-state index contributed by atoms with van der Waals surface area (Å²) in [7, 11) is 1.57. The third-order valence-corrected chi connectivity index (χ3v) is 2.61. The van der Waals surface area contributed by atoms with E-state index in [-0.39, 0.29) is 11.8 Å². The highest BCUT2D eigenvalue weighted by Gasteiger charge is 2.02. The van der Waals surface area contributed by atoms with Crippen molar-refractivity contribution in [2.75, 3.05) is 19.5 Å². The van der Waals surface area contributed by atoms with Gasteiger partial charge in [-0.2, -0.15) is 0 Å². The number of rotatable bonds is 5. The molecule has 0 unspecified atom stereocenters. The van der Waals surface area contributed by atoms with Crippen molar-refractivity contribution in [2.24, 2.45) is 0 Å². The number of hydrogen-bond donors (Lipinski definition) is 1. The highest BCUT2D eigenvalue weighted by molar-refractivity contribution is 6.32. The van der Waals surface area contributed by atoms with Crippen LogP contribution in [0.3, 0.4) is 0 Å². The van der Waals surface area contributed by atoms with E-state index >= 15 is 0 Å². The average molecular weight is 262 g/mol. The minimum Gasteiger partial charge on any atom is -0.495 e. The lowest BCUT2D eigenvalue weighted by Gasteiger charge is -2.06. The summed E-state index contributed by atoms with van der Waals surface area (Å²) in [5.41, 5.74) is 1.04. The van der Waals surface area contributed by atoms with Crippen LogP contribution in [0.5, 0.6) is 5.75 Å². The topological polar surface area (TPSA) is 38.3 Å². The lowest BCUT2D eigenvalue weighted by Crippen LogP contribution is -2.26. The molecular weight excluding hydrogens is 249 g/mol. The summed E-state index contributed by atoms with van der Waals surface area (Å²) in [5.74, 6) is 0.472. The van der Waals surface area contributed by atoms with Gasteiger partial charge in [0.15, 0.2) is 0 Å². The Kier molecular flexibility index (Phi) is 5.43. The molecule has 0 saturated carbocycles. The first-order chi connectivity index (χ1) is 7.67. The molecule has 0 saturated heterocycles. The van der Waals surface area contributed by atoms with Crippen molar-refractivity contribution in [1.82, 2.24) is 5.32 Å². The maximum atomic E-state index is 10.9. The molecule has 1 aromatic rings. The van der Waals surface area contributed by atoms with E-state index in [1.54, 1.807) is 13.2 Å². The van der Waals surface area contributed by atoms with Crippen molar-refractivity contribution in [3.8, 4) is 5.75 Å². The fourth-order valence-electron chi connectivity index (χ4n) is 1.26. The third-order valence-electron chi connectivity index (χ3n) is 2.07. The van der Waals surface area contributed by atoms with Gasteiger partial charge in [0, 0.05) is 6.54 Å². The Balaban J connectivity index is 2.49. The van der Waals surface area contributed by atoms with E-state index in [4.69, 9.17) is 27.9 Å². The Hall–Kier alpha value is -0.930. The number of carbonyl (C=O) groups excluding carboxylic acids is 1. The van der Waals surface area contributed by atoms with Gasteiger partial charge < -0.3 is 10.1 Å². The second-order valence-corrected chi connectivity index (χ2v) is 3.88. The molecule has 1 rings (SSSR count). The summed E-state index contributed by atoms with van der Waals surface area (Å²) in [6.07, 6.45) is 0.715. The summed E-state index contributed by atoms with van der Waals surface area (Å²) in [6, 6.07) is 5.55. The monoisotopic (exact) mass is 261 g/mol. The number of carbonyl (C=O) groups is 1. The van der Waals surface area contributed by atoms with Gasteiger partial charge in [-0.1, -0.05) is 17.7 Å². The van der Waals surface area contributed by atoms with Crippen molar-refractivity contribution in [3.63, 3.8) is 0 Å². The second kappa shape index (κ2) is 6.61. The van der Waals surface area contributed by atoms with Crippen LogP contribution in [0.15, 0.2) is 18.2 Å². The Bertz CT molecular complexity index is 369. The van der Waals surface area contributed by atoms with Crippen LogP contribution in [-0.2, 0) is 11.2 Å². The molecule has 0 atom stereocenters. The molecule has 0 bridgehead atoms. The van der Waals surface area contributed by atoms with Crippen LogP contribution in [0.4, 0.5) is 0 Å². The van der Waals surface area contributed by atoms with Crippen LogP contribution < -0.4 is 10.1 Å². The smallest absolute Gasteiger partial charge is 0.234 e. The lowest BCUT2D eigenvalue weighted by molar-refractivity contribution is -0.118. The first kappa shape index (κ1) is 13.1. The number of amides is 1. The zero-order valence-corrected chi connectivity index (χ0v) is 10.4. The fraction of sp³-hybridized carbons (Fsp3) is 0.364. The Labute approximate surface area is 105 Å². The number of ether oxygens (including phenoxy) is 1. The van der Waals surface area contributed by atoms with Crippen molar-refractivity contribution < 1.29 is 9.53 Å². The normalized spacial score (nSPS) is 9.94. The van der Waals surface area contributed by atoms with Gasteiger partial charge in [-0.25, -0.2) is 0 Å². The molecule has 0 aliphatic carbocycles. The number of alkyl halides is 1. The van der Waals surface area contributed by atoms with E-state index in [0.29, 0.717) is 23.7 Å². The summed E-state index contributed by atoms with van der Waals surface area (Å²) in [5, 5.41) is 3.26. The van der Waals surface area contributed by atoms with E-state index in [1.165, 1.54) is 0 Å². The van der Waals surface area contributed by atoms with Gasteiger partial charge in [0.05, 0.1) is 12.1 Å². The quantitative estimate of drug-likeness (QED) is 0.826. The zero-order valence-electron chi connectivity index (χ0n) is 8.93. The van der Waals surface area contributed by atoms with Crippen molar-refractivity contribution in [3.05, 3.63) is 28.8 Å². The SMILES string of the molecule is COc1ccc(CCNC(=O)CCl)cc1Cl. The van der Waals surface area contributed by atoms with Crippen molar-refractivity contribution in [1.29, 1.82) is 0 Å². The van der Waals surface area contributed by atoms with Gasteiger partial charge in [0.1, 0.15) is 11.6 Å². The van der Waals surface area contributed by atoms with Gasteiger partial charge in [-0.3, -0.25) is 4.79 Å². The van der Waals surface area contributed by atoms with Gasteiger partial charge in [-0.05, 0) is 24.1 Å². The van der Waals surface area contributed by atoms with E-state index in [0.717, 1.165) is 5.56 Å².